The fourth-order valence-electron chi connectivity index (χ4n) is 3.22. The van der Waals surface area contributed by atoms with Crippen LogP contribution in [-0.4, -0.2) is 20.0 Å². The zero-order valence-corrected chi connectivity index (χ0v) is 13.8. The van der Waals surface area contributed by atoms with Gasteiger partial charge in [0.15, 0.2) is 0 Å². The predicted octanol–water partition coefficient (Wildman–Crippen LogP) is 3.25. The highest BCUT2D eigenvalue weighted by Crippen LogP contribution is 2.22. The summed E-state index contributed by atoms with van der Waals surface area (Å²) in [5, 5.41) is 1.66. The van der Waals surface area contributed by atoms with E-state index in [0.29, 0.717) is 23.9 Å². The van der Waals surface area contributed by atoms with Gasteiger partial charge in [0.1, 0.15) is 0 Å². The molecule has 0 saturated carbocycles. The number of rotatable bonds is 3. The van der Waals surface area contributed by atoms with Crippen molar-refractivity contribution < 1.29 is 4.79 Å². The number of para-hydroxylation sites is 2. The van der Waals surface area contributed by atoms with Crippen LogP contribution in [0.15, 0.2) is 65.8 Å². The smallest absolute Gasteiger partial charge is 0.261 e. The second-order valence-electron chi connectivity index (χ2n) is 6.07. The van der Waals surface area contributed by atoms with Crippen LogP contribution in [0.2, 0.25) is 0 Å². The number of aryl methyl sites for hydroxylation is 2. The molecule has 5 nitrogen and oxygen atoms in total. The average Bonchev–Trinajstić information content (AvgIpc) is 3.01. The van der Waals surface area contributed by atoms with Gasteiger partial charge in [0, 0.05) is 25.1 Å². The third-order valence-corrected chi connectivity index (χ3v) is 4.49. The largest absolute Gasteiger partial charge is 0.298 e. The predicted molar refractivity (Wildman–Crippen MR) is 97.9 cm³/mol. The number of carbonyl (C=O) groups excluding carboxylic acids is 1. The van der Waals surface area contributed by atoms with Crippen molar-refractivity contribution in [2.75, 3.05) is 0 Å². The van der Waals surface area contributed by atoms with Gasteiger partial charge >= 0.3 is 0 Å². The van der Waals surface area contributed by atoms with Gasteiger partial charge in [0.05, 0.1) is 22.7 Å². The van der Waals surface area contributed by atoms with Crippen molar-refractivity contribution in [3.8, 4) is 0 Å². The molecule has 2 heterocycles. The third kappa shape index (κ3) is 2.63. The fourth-order valence-corrected chi connectivity index (χ4v) is 3.22. The van der Waals surface area contributed by atoms with Gasteiger partial charge in [0.25, 0.3) is 5.56 Å². The molecule has 0 fully saturated rings. The van der Waals surface area contributed by atoms with Crippen molar-refractivity contribution in [2.24, 2.45) is 0 Å². The summed E-state index contributed by atoms with van der Waals surface area (Å²) in [5.41, 5.74) is 2.61. The SMILES string of the molecule is CC(=O)n1cc(CCn2cnc3ccccc3c2=O)c2ccccc21. The van der Waals surface area contributed by atoms with Crippen molar-refractivity contribution in [2.45, 2.75) is 19.9 Å². The van der Waals surface area contributed by atoms with Crippen molar-refractivity contribution in [3.05, 3.63) is 77.0 Å². The van der Waals surface area contributed by atoms with Crippen LogP contribution in [0.5, 0.6) is 0 Å². The Morgan fingerprint density at radius 3 is 2.56 bits per heavy atom. The molecule has 5 heteroatoms. The molecule has 0 aliphatic rings. The van der Waals surface area contributed by atoms with Gasteiger partial charge in [-0.1, -0.05) is 30.3 Å². The molecular formula is C20H17N3O2. The lowest BCUT2D eigenvalue weighted by atomic mass is 10.1. The van der Waals surface area contributed by atoms with E-state index >= 15 is 0 Å². The minimum absolute atomic E-state index is 0.0213. The lowest BCUT2D eigenvalue weighted by molar-refractivity contribution is 0.0941. The highest BCUT2D eigenvalue weighted by Gasteiger charge is 2.11. The van der Waals surface area contributed by atoms with E-state index < -0.39 is 0 Å². The number of hydrogen-bond acceptors (Lipinski definition) is 3. The summed E-state index contributed by atoms with van der Waals surface area (Å²) >= 11 is 0. The van der Waals surface area contributed by atoms with Gasteiger partial charge < -0.3 is 0 Å². The molecule has 25 heavy (non-hydrogen) atoms. The number of nitrogens with zero attached hydrogens (tertiary/aromatic N) is 3. The first-order valence-corrected chi connectivity index (χ1v) is 8.19. The quantitative estimate of drug-likeness (QED) is 0.579. The number of benzene rings is 2. The van der Waals surface area contributed by atoms with Crippen LogP contribution in [0.3, 0.4) is 0 Å². The summed E-state index contributed by atoms with van der Waals surface area (Å²) in [6.07, 6.45) is 4.11. The Kier molecular flexibility index (Phi) is 3.69. The molecule has 0 bridgehead atoms. The first-order valence-electron chi connectivity index (χ1n) is 8.19. The second-order valence-corrected chi connectivity index (χ2v) is 6.07. The third-order valence-electron chi connectivity index (χ3n) is 4.49. The summed E-state index contributed by atoms with van der Waals surface area (Å²) in [7, 11) is 0. The van der Waals surface area contributed by atoms with Crippen molar-refractivity contribution >= 4 is 27.7 Å². The van der Waals surface area contributed by atoms with E-state index in [-0.39, 0.29) is 11.5 Å². The standard InChI is InChI=1S/C20H17N3O2/c1-14(24)23-12-15(16-6-3-5-9-19(16)23)10-11-22-13-21-18-8-4-2-7-17(18)20(22)25/h2-9,12-13H,10-11H2,1H3. The number of hydrogen-bond donors (Lipinski definition) is 0. The van der Waals surface area contributed by atoms with E-state index in [1.165, 1.54) is 0 Å². The van der Waals surface area contributed by atoms with Crippen LogP contribution in [0.1, 0.15) is 17.3 Å². The van der Waals surface area contributed by atoms with Gasteiger partial charge in [0.2, 0.25) is 5.91 Å². The Balaban J connectivity index is 1.71. The topological polar surface area (TPSA) is 56.9 Å². The Bertz CT molecular complexity index is 1150. The van der Waals surface area contributed by atoms with Gasteiger partial charge in [-0.05, 0) is 30.2 Å². The molecule has 0 unspecified atom stereocenters. The zero-order valence-electron chi connectivity index (χ0n) is 13.8. The second kappa shape index (κ2) is 6.02. The first-order chi connectivity index (χ1) is 12.1. The lowest BCUT2D eigenvalue weighted by Crippen LogP contribution is -2.21. The highest BCUT2D eigenvalue weighted by molar-refractivity contribution is 5.93. The summed E-state index contributed by atoms with van der Waals surface area (Å²) in [6.45, 7) is 2.07. The van der Waals surface area contributed by atoms with Crippen molar-refractivity contribution in [1.82, 2.24) is 14.1 Å². The highest BCUT2D eigenvalue weighted by atomic mass is 16.1. The van der Waals surface area contributed by atoms with Crippen LogP contribution in [0.4, 0.5) is 0 Å². The minimum atomic E-state index is -0.0408. The molecule has 2 aromatic heterocycles. The van der Waals surface area contributed by atoms with Gasteiger partial charge in [-0.15, -0.1) is 0 Å². The molecule has 4 aromatic rings. The lowest BCUT2D eigenvalue weighted by Gasteiger charge is -2.06. The summed E-state index contributed by atoms with van der Waals surface area (Å²) in [4.78, 5) is 28.8. The maximum absolute atomic E-state index is 12.6. The van der Waals surface area contributed by atoms with Gasteiger partial charge in [-0.25, -0.2) is 4.98 Å². The Morgan fingerprint density at radius 2 is 1.76 bits per heavy atom. The van der Waals surface area contributed by atoms with E-state index in [1.807, 2.05) is 48.7 Å². The Labute approximate surface area is 144 Å². The van der Waals surface area contributed by atoms with E-state index in [0.717, 1.165) is 16.5 Å². The van der Waals surface area contributed by atoms with Gasteiger partial charge in [-0.2, -0.15) is 0 Å². The fraction of sp³-hybridized carbons (Fsp3) is 0.150. The number of carbonyl (C=O) groups is 1. The van der Waals surface area contributed by atoms with Gasteiger partial charge in [-0.3, -0.25) is 18.7 Å². The maximum atomic E-state index is 12.6. The molecule has 0 radical (unpaired) electrons. The molecule has 0 saturated heterocycles. The van der Waals surface area contributed by atoms with Crippen LogP contribution in [-0.2, 0) is 13.0 Å². The molecule has 0 spiro atoms. The van der Waals surface area contributed by atoms with Crippen molar-refractivity contribution in [1.29, 1.82) is 0 Å². The van der Waals surface area contributed by atoms with E-state index in [9.17, 15) is 9.59 Å². The molecular weight excluding hydrogens is 314 g/mol. The molecule has 0 atom stereocenters. The summed E-state index contributed by atoms with van der Waals surface area (Å²) < 4.78 is 3.29. The molecule has 124 valence electrons. The van der Waals surface area contributed by atoms with E-state index in [2.05, 4.69) is 4.98 Å². The van der Waals surface area contributed by atoms with Crippen LogP contribution in [0, 0.1) is 0 Å². The minimum Gasteiger partial charge on any atom is -0.298 e. The number of fused-ring (bicyclic) bond motifs is 2. The molecule has 0 amide bonds. The number of aromatic nitrogens is 3. The normalized spacial score (nSPS) is 11.2. The summed E-state index contributed by atoms with van der Waals surface area (Å²) in [6, 6.07) is 15.2. The molecule has 0 N–H and O–H groups in total. The molecule has 2 aromatic carbocycles. The first kappa shape index (κ1) is 15.3. The van der Waals surface area contributed by atoms with Crippen molar-refractivity contribution in [3.63, 3.8) is 0 Å². The summed E-state index contributed by atoms with van der Waals surface area (Å²) in [5.74, 6) is -0.0213. The van der Waals surface area contributed by atoms with Crippen LogP contribution < -0.4 is 5.56 Å². The Morgan fingerprint density at radius 1 is 1.04 bits per heavy atom. The zero-order chi connectivity index (χ0) is 17.4. The average molecular weight is 331 g/mol. The molecule has 0 aliphatic carbocycles. The van der Waals surface area contributed by atoms with Crippen LogP contribution in [0.25, 0.3) is 21.8 Å². The Hall–Kier alpha value is -3.21. The molecule has 4 rings (SSSR count). The van der Waals surface area contributed by atoms with E-state index in [1.54, 1.807) is 28.5 Å². The monoisotopic (exact) mass is 331 g/mol. The van der Waals surface area contributed by atoms with E-state index in [4.69, 9.17) is 0 Å². The van der Waals surface area contributed by atoms with Crippen LogP contribution >= 0.6 is 0 Å². The maximum Gasteiger partial charge on any atom is 0.261 e. The molecule has 0 aliphatic heterocycles.